The van der Waals surface area contributed by atoms with Crippen molar-refractivity contribution in [3.8, 4) is 17.2 Å². The zero-order chi connectivity index (χ0) is 13.8. The number of benzene rings is 2. The van der Waals surface area contributed by atoms with Crippen molar-refractivity contribution in [3.63, 3.8) is 0 Å². The van der Waals surface area contributed by atoms with Gasteiger partial charge in [0.2, 0.25) is 0 Å². The van der Waals surface area contributed by atoms with Gasteiger partial charge in [0.15, 0.2) is 0 Å². The van der Waals surface area contributed by atoms with Gasteiger partial charge in [-0.1, -0.05) is 18.2 Å². The lowest BCUT2D eigenvalue weighted by Crippen LogP contribution is -2.18. The van der Waals surface area contributed by atoms with Crippen LogP contribution >= 0.6 is 0 Å². The summed E-state index contributed by atoms with van der Waals surface area (Å²) in [5.41, 5.74) is 1.59. The average molecular weight is 259 g/mol. The summed E-state index contributed by atoms with van der Waals surface area (Å²) < 4.78 is 0. The third-order valence-corrected chi connectivity index (χ3v) is 3.02. The lowest BCUT2D eigenvalue weighted by Gasteiger charge is -2.15. The Hall–Kier alpha value is -2.20. The van der Waals surface area contributed by atoms with Crippen molar-refractivity contribution in [1.82, 2.24) is 5.32 Å². The van der Waals surface area contributed by atoms with Gasteiger partial charge in [-0.2, -0.15) is 0 Å². The molecule has 0 radical (unpaired) electrons. The van der Waals surface area contributed by atoms with Crippen LogP contribution in [0.15, 0.2) is 42.5 Å². The normalized spacial score (nSPS) is 12.3. The Balaban J connectivity index is 2.05. The van der Waals surface area contributed by atoms with E-state index in [9.17, 15) is 15.3 Å². The van der Waals surface area contributed by atoms with Crippen LogP contribution in [-0.2, 0) is 6.54 Å². The van der Waals surface area contributed by atoms with Crippen LogP contribution in [0.4, 0.5) is 0 Å². The van der Waals surface area contributed by atoms with Gasteiger partial charge in [-0.15, -0.1) is 0 Å². The number of aromatic hydroxyl groups is 3. The van der Waals surface area contributed by atoms with Crippen LogP contribution in [-0.4, -0.2) is 15.3 Å². The first kappa shape index (κ1) is 13.2. The van der Waals surface area contributed by atoms with Gasteiger partial charge in [0.05, 0.1) is 0 Å². The molecule has 4 nitrogen and oxygen atoms in total. The fourth-order valence-electron chi connectivity index (χ4n) is 1.91. The largest absolute Gasteiger partial charge is 0.508 e. The Morgan fingerprint density at radius 1 is 1.00 bits per heavy atom. The zero-order valence-electron chi connectivity index (χ0n) is 10.7. The van der Waals surface area contributed by atoms with Crippen LogP contribution in [0.5, 0.6) is 17.2 Å². The van der Waals surface area contributed by atoms with E-state index in [0.717, 1.165) is 11.1 Å². The van der Waals surface area contributed by atoms with Crippen LogP contribution in [0.1, 0.15) is 24.1 Å². The second-order valence-electron chi connectivity index (χ2n) is 4.51. The molecule has 0 fully saturated rings. The summed E-state index contributed by atoms with van der Waals surface area (Å²) in [6.45, 7) is 2.43. The molecule has 0 bridgehead atoms. The predicted octanol–water partition coefficient (Wildman–Crippen LogP) is 2.65. The molecule has 0 amide bonds. The van der Waals surface area contributed by atoms with Crippen LogP contribution in [0.2, 0.25) is 0 Å². The van der Waals surface area contributed by atoms with Gasteiger partial charge < -0.3 is 20.6 Å². The maximum Gasteiger partial charge on any atom is 0.120 e. The van der Waals surface area contributed by atoms with E-state index in [-0.39, 0.29) is 23.3 Å². The van der Waals surface area contributed by atoms with Crippen molar-refractivity contribution in [2.75, 3.05) is 0 Å². The first-order chi connectivity index (χ1) is 9.06. The molecular weight excluding hydrogens is 242 g/mol. The standard InChI is InChI=1S/C15H17NO3/c1-10(12-6-13(17)8-14(18)7-12)16-9-11-4-2-3-5-15(11)19/h2-8,10,16-19H,9H2,1H3. The Labute approximate surface area is 112 Å². The molecule has 0 saturated carbocycles. The highest BCUT2D eigenvalue weighted by Crippen LogP contribution is 2.25. The molecule has 0 spiro atoms. The molecule has 100 valence electrons. The van der Waals surface area contributed by atoms with E-state index in [0.29, 0.717) is 6.54 Å². The van der Waals surface area contributed by atoms with E-state index in [2.05, 4.69) is 5.32 Å². The quantitative estimate of drug-likeness (QED) is 0.681. The average Bonchev–Trinajstić information content (AvgIpc) is 2.36. The number of para-hydroxylation sites is 1. The van der Waals surface area contributed by atoms with Gasteiger partial charge in [-0.3, -0.25) is 0 Å². The molecule has 1 unspecified atom stereocenters. The predicted molar refractivity (Wildman–Crippen MR) is 73.1 cm³/mol. The summed E-state index contributed by atoms with van der Waals surface area (Å²) in [5.74, 6) is 0.318. The number of rotatable bonds is 4. The summed E-state index contributed by atoms with van der Waals surface area (Å²) in [6, 6.07) is 11.6. The van der Waals surface area contributed by atoms with Crippen molar-refractivity contribution in [1.29, 1.82) is 0 Å². The molecule has 0 aliphatic rings. The van der Waals surface area contributed by atoms with Gasteiger partial charge in [-0.05, 0) is 30.7 Å². The van der Waals surface area contributed by atoms with E-state index in [1.54, 1.807) is 24.3 Å². The van der Waals surface area contributed by atoms with Crippen molar-refractivity contribution in [2.24, 2.45) is 0 Å². The molecule has 0 aliphatic carbocycles. The van der Waals surface area contributed by atoms with Crippen LogP contribution in [0.3, 0.4) is 0 Å². The molecule has 2 aromatic carbocycles. The summed E-state index contributed by atoms with van der Waals surface area (Å²) >= 11 is 0. The molecule has 0 saturated heterocycles. The minimum absolute atomic E-state index is 0.0335. The molecule has 4 heteroatoms. The Morgan fingerprint density at radius 2 is 1.63 bits per heavy atom. The number of phenolic OH excluding ortho intramolecular Hbond substituents is 3. The maximum atomic E-state index is 9.66. The van der Waals surface area contributed by atoms with Gasteiger partial charge in [0.1, 0.15) is 17.2 Å². The van der Waals surface area contributed by atoms with Crippen molar-refractivity contribution in [2.45, 2.75) is 19.5 Å². The van der Waals surface area contributed by atoms with Gasteiger partial charge in [0.25, 0.3) is 0 Å². The van der Waals surface area contributed by atoms with E-state index in [4.69, 9.17) is 0 Å². The Kier molecular flexibility index (Phi) is 3.92. The van der Waals surface area contributed by atoms with E-state index in [1.807, 2.05) is 19.1 Å². The molecule has 4 N–H and O–H groups in total. The summed E-state index contributed by atoms with van der Waals surface area (Å²) in [4.78, 5) is 0. The van der Waals surface area contributed by atoms with Gasteiger partial charge in [0, 0.05) is 24.2 Å². The highest BCUT2D eigenvalue weighted by molar-refractivity contribution is 5.38. The van der Waals surface area contributed by atoms with Crippen LogP contribution < -0.4 is 5.32 Å². The summed E-state index contributed by atoms with van der Waals surface area (Å²) in [5, 5.41) is 31.8. The molecule has 1 atom stereocenters. The SMILES string of the molecule is CC(NCc1ccccc1O)c1cc(O)cc(O)c1. The number of hydrogen-bond donors (Lipinski definition) is 4. The second kappa shape index (κ2) is 5.63. The monoisotopic (exact) mass is 259 g/mol. The maximum absolute atomic E-state index is 9.66. The minimum atomic E-state index is -0.0578. The zero-order valence-corrected chi connectivity index (χ0v) is 10.7. The van der Waals surface area contributed by atoms with Crippen molar-refractivity contribution >= 4 is 0 Å². The minimum Gasteiger partial charge on any atom is -0.508 e. The first-order valence-corrected chi connectivity index (χ1v) is 6.09. The fraction of sp³-hybridized carbons (Fsp3) is 0.200. The van der Waals surface area contributed by atoms with Gasteiger partial charge >= 0.3 is 0 Å². The summed E-state index contributed by atoms with van der Waals surface area (Å²) in [6.07, 6.45) is 0. The van der Waals surface area contributed by atoms with E-state index >= 15 is 0 Å². The molecular formula is C15H17NO3. The lowest BCUT2D eigenvalue weighted by atomic mass is 10.1. The van der Waals surface area contributed by atoms with E-state index in [1.165, 1.54) is 6.07 Å². The smallest absolute Gasteiger partial charge is 0.120 e. The topological polar surface area (TPSA) is 72.7 Å². The molecule has 0 heterocycles. The van der Waals surface area contributed by atoms with E-state index < -0.39 is 0 Å². The second-order valence-corrected chi connectivity index (χ2v) is 4.51. The van der Waals surface area contributed by atoms with Crippen LogP contribution in [0, 0.1) is 0 Å². The summed E-state index contributed by atoms with van der Waals surface area (Å²) in [7, 11) is 0. The molecule has 2 rings (SSSR count). The number of phenols is 3. The first-order valence-electron chi connectivity index (χ1n) is 6.09. The third kappa shape index (κ3) is 3.39. The fourth-order valence-corrected chi connectivity index (χ4v) is 1.91. The molecule has 19 heavy (non-hydrogen) atoms. The molecule has 0 aromatic heterocycles. The highest BCUT2D eigenvalue weighted by Gasteiger charge is 2.08. The third-order valence-electron chi connectivity index (χ3n) is 3.02. The number of nitrogens with one attached hydrogen (secondary N) is 1. The van der Waals surface area contributed by atoms with Crippen molar-refractivity contribution in [3.05, 3.63) is 53.6 Å². The molecule has 2 aromatic rings. The van der Waals surface area contributed by atoms with Gasteiger partial charge in [-0.25, -0.2) is 0 Å². The van der Waals surface area contributed by atoms with Crippen molar-refractivity contribution < 1.29 is 15.3 Å². The Bertz CT molecular complexity index is 549. The number of hydrogen-bond acceptors (Lipinski definition) is 4. The lowest BCUT2D eigenvalue weighted by molar-refractivity contribution is 0.444. The Morgan fingerprint density at radius 3 is 2.26 bits per heavy atom. The van der Waals surface area contributed by atoms with Crippen LogP contribution in [0.25, 0.3) is 0 Å². The highest BCUT2D eigenvalue weighted by atomic mass is 16.3. The molecule has 0 aliphatic heterocycles.